The minimum atomic E-state index is -0.0350. The first-order chi connectivity index (χ1) is 10.2. The normalized spacial score (nSPS) is 16.1. The minimum Gasteiger partial charge on any atom is -0.335 e. The quantitative estimate of drug-likeness (QED) is 0.852. The van der Waals surface area contributed by atoms with E-state index in [0.717, 1.165) is 43.4 Å². The van der Waals surface area contributed by atoms with Crippen molar-refractivity contribution in [2.45, 2.75) is 13.5 Å². The van der Waals surface area contributed by atoms with Gasteiger partial charge in [0.05, 0.1) is 16.9 Å². The topological polar surface area (TPSA) is 62.2 Å². The number of rotatable bonds is 3. The van der Waals surface area contributed by atoms with Gasteiger partial charge in [0, 0.05) is 50.5 Å². The second kappa shape index (κ2) is 6.28. The molecule has 7 heteroatoms. The van der Waals surface area contributed by atoms with Gasteiger partial charge >= 0.3 is 0 Å². The Morgan fingerprint density at radius 2 is 2.10 bits per heavy atom. The molecular weight excluding hydrogens is 286 g/mol. The maximum atomic E-state index is 12.3. The highest BCUT2D eigenvalue weighted by atomic mass is 32.1. The van der Waals surface area contributed by atoms with Crippen LogP contribution < -0.4 is 0 Å². The molecule has 0 bridgehead atoms. The molecule has 21 heavy (non-hydrogen) atoms. The van der Waals surface area contributed by atoms with Gasteiger partial charge in [-0.1, -0.05) is 0 Å². The first-order valence-corrected chi connectivity index (χ1v) is 7.79. The minimum absolute atomic E-state index is 0.0350. The van der Waals surface area contributed by atoms with Gasteiger partial charge in [-0.05, 0) is 6.92 Å². The molecule has 1 aliphatic heterocycles. The van der Waals surface area contributed by atoms with Crippen molar-refractivity contribution in [1.29, 1.82) is 0 Å². The lowest BCUT2D eigenvalue weighted by atomic mass is 10.2. The van der Waals surface area contributed by atoms with Crippen molar-refractivity contribution in [2.75, 3.05) is 26.2 Å². The van der Waals surface area contributed by atoms with Crippen LogP contribution in [0.5, 0.6) is 0 Å². The van der Waals surface area contributed by atoms with Crippen LogP contribution >= 0.6 is 11.3 Å². The second-order valence-corrected chi connectivity index (χ2v) is 6.08. The Kier molecular flexibility index (Phi) is 4.21. The molecule has 0 N–H and O–H groups in total. The second-order valence-electron chi connectivity index (χ2n) is 5.02. The highest BCUT2D eigenvalue weighted by Gasteiger charge is 2.23. The van der Waals surface area contributed by atoms with E-state index in [9.17, 15) is 4.79 Å². The standard InChI is InChI=1S/C14H17N5OS/c1-11-17-12(10-21-11)9-18-4-6-19(7-5-18)14(20)13-8-15-2-3-16-13/h2-3,8,10H,4-7,9H2,1H3. The summed E-state index contributed by atoms with van der Waals surface area (Å²) in [6.45, 7) is 6.05. The van der Waals surface area contributed by atoms with Crippen molar-refractivity contribution in [1.82, 2.24) is 24.8 Å². The van der Waals surface area contributed by atoms with E-state index in [-0.39, 0.29) is 5.91 Å². The fourth-order valence-corrected chi connectivity index (χ4v) is 2.99. The van der Waals surface area contributed by atoms with Gasteiger partial charge in [0.2, 0.25) is 0 Å². The summed E-state index contributed by atoms with van der Waals surface area (Å²) < 4.78 is 0. The zero-order chi connectivity index (χ0) is 14.7. The van der Waals surface area contributed by atoms with Crippen LogP contribution in [-0.2, 0) is 6.54 Å². The fourth-order valence-electron chi connectivity index (χ4n) is 2.39. The summed E-state index contributed by atoms with van der Waals surface area (Å²) >= 11 is 1.68. The molecule has 1 saturated heterocycles. The van der Waals surface area contributed by atoms with Crippen LogP contribution in [0, 0.1) is 6.92 Å². The number of hydrogen-bond acceptors (Lipinski definition) is 6. The molecule has 110 valence electrons. The molecule has 0 atom stereocenters. The number of amides is 1. The smallest absolute Gasteiger partial charge is 0.274 e. The average molecular weight is 303 g/mol. The first-order valence-electron chi connectivity index (χ1n) is 6.91. The summed E-state index contributed by atoms with van der Waals surface area (Å²) in [5.74, 6) is -0.0350. The molecule has 1 fully saturated rings. The summed E-state index contributed by atoms with van der Waals surface area (Å²) in [6, 6.07) is 0. The lowest BCUT2D eigenvalue weighted by Crippen LogP contribution is -2.48. The number of nitrogens with zero attached hydrogens (tertiary/aromatic N) is 5. The van der Waals surface area contributed by atoms with Crippen molar-refractivity contribution in [3.05, 3.63) is 40.4 Å². The van der Waals surface area contributed by atoms with E-state index < -0.39 is 0 Å². The number of aromatic nitrogens is 3. The summed E-state index contributed by atoms with van der Waals surface area (Å²) in [5.41, 5.74) is 1.53. The molecule has 0 aliphatic carbocycles. The summed E-state index contributed by atoms with van der Waals surface area (Å²) in [6.07, 6.45) is 4.64. The summed E-state index contributed by atoms with van der Waals surface area (Å²) in [5, 5.41) is 3.20. The predicted molar refractivity (Wildman–Crippen MR) is 80.1 cm³/mol. The van der Waals surface area contributed by atoms with Gasteiger partial charge < -0.3 is 4.90 Å². The van der Waals surface area contributed by atoms with Gasteiger partial charge in [0.1, 0.15) is 5.69 Å². The third kappa shape index (κ3) is 3.43. The van der Waals surface area contributed by atoms with E-state index in [1.807, 2.05) is 11.8 Å². The zero-order valence-electron chi connectivity index (χ0n) is 11.9. The lowest BCUT2D eigenvalue weighted by Gasteiger charge is -2.34. The van der Waals surface area contributed by atoms with E-state index >= 15 is 0 Å². The van der Waals surface area contributed by atoms with Crippen LogP contribution in [-0.4, -0.2) is 56.8 Å². The van der Waals surface area contributed by atoms with Crippen molar-refractivity contribution in [2.24, 2.45) is 0 Å². The van der Waals surface area contributed by atoms with Gasteiger partial charge in [0.25, 0.3) is 5.91 Å². The SMILES string of the molecule is Cc1nc(CN2CCN(C(=O)c3cnccn3)CC2)cs1. The van der Waals surface area contributed by atoms with Gasteiger partial charge in [0.15, 0.2) is 0 Å². The number of thiazole rings is 1. The Morgan fingerprint density at radius 3 is 2.71 bits per heavy atom. The summed E-state index contributed by atoms with van der Waals surface area (Å²) in [4.78, 5) is 28.9. The molecule has 6 nitrogen and oxygen atoms in total. The fraction of sp³-hybridized carbons (Fsp3) is 0.429. The van der Waals surface area contributed by atoms with Gasteiger partial charge in [-0.25, -0.2) is 9.97 Å². The Labute approximate surface area is 127 Å². The molecule has 1 aliphatic rings. The highest BCUT2D eigenvalue weighted by Crippen LogP contribution is 2.13. The van der Waals surface area contributed by atoms with E-state index in [0.29, 0.717) is 5.69 Å². The molecular formula is C14H17N5OS. The first kappa shape index (κ1) is 14.1. The molecule has 3 heterocycles. The van der Waals surface area contributed by atoms with Crippen molar-refractivity contribution < 1.29 is 4.79 Å². The van der Waals surface area contributed by atoms with Gasteiger partial charge in [-0.15, -0.1) is 11.3 Å². The third-order valence-corrected chi connectivity index (χ3v) is 4.32. The zero-order valence-corrected chi connectivity index (χ0v) is 12.7. The number of piperazine rings is 1. The summed E-state index contributed by atoms with van der Waals surface area (Å²) in [7, 11) is 0. The third-order valence-electron chi connectivity index (χ3n) is 3.49. The number of hydrogen-bond donors (Lipinski definition) is 0. The van der Waals surface area contributed by atoms with E-state index in [1.54, 1.807) is 23.7 Å². The van der Waals surface area contributed by atoms with Gasteiger partial charge in [-0.2, -0.15) is 0 Å². The van der Waals surface area contributed by atoms with Crippen LogP contribution in [0.25, 0.3) is 0 Å². The average Bonchev–Trinajstić information content (AvgIpc) is 2.93. The maximum Gasteiger partial charge on any atom is 0.274 e. The number of carbonyl (C=O) groups excluding carboxylic acids is 1. The molecule has 0 spiro atoms. The Bertz CT molecular complexity index is 607. The molecule has 2 aromatic heterocycles. The number of carbonyl (C=O) groups is 1. The molecule has 0 unspecified atom stereocenters. The van der Waals surface area contributed by atoms with Crippen LogP contribution in [0.1, 0.15) is 21.2 Å². The van der Waals surface area contributed by atoms with Crippen molar-refractivity contribution in [3.63, 3.8) is 0 Å². The molecule has 0 radical (unpaired) electrons. The molecule has 2 aromatic rings. The molecule has 0 saturated carbocycles. The monoisotopic (exact) mass is 303 g/mol. The lowest BCUT2D eigenvalue weighted by molar-refractivity contribution is 0.0621. The van der Waals surface area contributed by atoms with Crippen molar-refractivity contribution >= 4 is 17.2 Å². The van der Waals surface area contributed by atoms with E-state index in [2.05, 4.69) is 25.2 Å². The van der Waals surface area contributed by atoms with Gasteiger partial charge in [-0.3, -0.25) is 14.7 Å². The van der Waals surface area contributed by atoms with E-state index in [4.69, 9.17) is 0 Å². The van der Waals surface area contributed by atoms with Crippen LogP contribution in [0.2, 0.25) is 0 Å². The predicted octanol–water partition coefficient (Wildman–Crippen LogP) is 1.20. The van der Waals surface area contributed by atoms with Crippen molar-refractivity contribution in [3.8, 4) is 0 Å². The number of aryl methyl sites for hydroxylation is 1. The Hall–Kier alpha value is -1.86. The highest BCUT2D eigenvalue weighted by molar-refractivity contribution is 7.09. The Morgan fingerprint density at radius 1 is 1.29 bits per heavy atom. The largest absolute Gasteiger partial charge is 0.335 e. The van der Waals surface area contributed by atoms with Crippen LogP contribution in [0.4, 0.5) is 0 Å². The molecule has 1 amide bonds. The Balaban J connectivity index is 1.54. The molecule has 0 aromatic carbocycles. The van der Waals surface area contributed by atoms with Crippen LogP contribution in [0.3, 0.4) is 0 Å². The molecule has 3 rings (SSSR count). The maximum absolute atomic E-state index is 12.3. The van der Waals surface area contributed by atoms with E-state index in [1.165, 1.54) is 6.20 Å². The van der Waals surface area contributed by atoms with Crippen LogP contribution in [0.15, 0.2) is 24.0 Å².